The molecule has 0 fully saturated rings. The molecule has 18 heavy (non-hydrogen) atoms. The number of alkyl halides is 3. The van der Waals surface area contributed by atoms with E-state index < -0.39 is 46.7 Å². The second kappa shape index (κ2) is 5.09. The number of benzene rings is 1. The Morgan fingerprint density at radius 1 is 1.33 bits per heavy atom. The Hall–Kier alpha value is -1.37. The van der Waals surface area contributed by atoms with E-state index in [1.807, 2.05) is 0 Å². The molecule has 8 heteroatoms. The summed E-state index contributed by atoms with van der Waals surface area (Å²) in [5.74, 6) is -7.14. The predicted molar refractivity (Wildman–Crippen MR) is 52.4 cm³/mol. The van der Waals surface area contributed by atoms with Crippen molar-refractivity contribution in [2.75, 3.05) is 0 Å². The number of rotatable bonds is 3. The van der Waals surface area contributed by atoms with Crippen LogP contribution in [0.2, 0.25) is 5.02 Å². The second-order valence-corrected chi connectivity index (χ2v) is 3.83. The summed E-state index contributed by atoms with van der Waals surface area (Å²) < 4.78 is 64.1. The Morgan fingerprint density at radius 3 is 2.33 bits per heavy atom. The molecular weight excluding hydrogens is 283 g/mol. The summed E-state index contributed by atoms with van der Waals surface area (Å²) in [6.07, 6.45) is -6.33. The summed E-state index contributed by atoms with van der Waals surface area (Å²) in [5.41, 5.74) is -0.990. The van der Waals surface area contributed by atoms with E-state index in [-0.39, 0.29) is 0 Å². The van der Waals surface area contributed by atoms with Gasteiger partial charge in [-0.25, -0.2) is 8.78 Å². The molecular formula is C10H6ClF5O2. The van der Waals surface area contributed by atoms with Crippen LogP contribution in [0.5, 0.6) is 0 Å². The maximum Gasteiger partial charge on any atom is 0.396 e. The van der Waals surface area contributed by atoms with Gasteiger partial charge in [0.05, 0.1) is 12.3 Å². The highest BCUT2D eigenvalue weighted by Crippen LogP contribution is 2.40. The first-order chi connectivity index (χ1) is 8.14. The average molecular weight is 289 g/mol. The normalized spacial score (nSPS) is 13.4. The lowest BCUT2D eigenvalue weighted by molar-refractivity contribution is -0.163. The first-order valence-corrected chi connectivity index (χ1v) is 4.94. The monoisotopic (exact) mass is 288 g/mol. The van der Waals surface area contributed by atoms with Crippen LogP contribution in [0.1, 0.15) is 17.9 Å². The highest BCUT2D eigenvalue weighted by molar-refractivity contribution is 6.30. The summed E-state index contributed by atoms with van der Waals surface area (Å²) in [6.45, 7) is 0. The fourth-order valence-corrected chi connectivity index (χ4v) is 1.56. The second-order valence-electron chi connectivity index (χ2n) is 3.46. The van der Waals surface area contributed by atoms with Crippen molar-refractivity contribution >= 4 is 17.6 Å². The van der Waals surface area contributed by atoms with Gasteiger partial charge in [-0.3, -0.25) is 4.79 Å². The third-order valence-corrected chi connectivity index (χ3v) is 2.56. The minimum atomic E-state index is -4.97. The molecule has 0 aromatic heterocycles. The molecule has 0 saturated heterocycles. The third kappa shape index (κ3) is 3.10. The highest BCUT2D eigenvalue weighted by atomic mass is 35.5. The van der Waals surface area contributed by atoms with Crippen LogP contribution in [-0.2, 0) is 4.79 Å². The predicted octanol–water partition coefficient (Wildman–Crippen LogP) is 3.74. The van der Waals surface area contributed by atoms with E-state index in [4.69, 9.17) is 16.7 Å². The van der Waals surface area contributed by atoms with Crippen molar-refractivity contribution in [3.05, 3.63) is 34.4 Å². The number of carboxylic acids is 1. The number of hydrogen-bond donors (Lipinski definition) is 1. The third-order valence-electron chi connectivity index (χ3n) is 2.21. The SMILES string of the molecule is O=C(O)CC(c1ccc(F)c(Cl)c1F)C(F)(F)F. The standard InChI is InChI=1S/C10H6ClF5O2/c11-8-6(12)2-1-4(9(8)13)5(3-7(17)18)10(14,15)16/h1-2,5H,3H2,(H,17,18). The number of hydrogen-bond acceptors (Lipinski definition) is 1. The van der Waals surface area contributed by atoms with Crippen LogP contribution in [-0.4, -0.2) is 17.3 Å². The maximum atomic E-state index is 13.4. The lowest BCUT2D eigenvalue weighted by Gasteiger charge is -2.19. The zero-order valence-corrected chi connectivity index (χ0v) is 9.32. The fourth-order valence-electron chi connectivity index (χ4n) is 1.39. The fraction of sp³-hybridized carbons (Fsp3) is 0.300. The van der Waals surface area contributed by atoms with Crippen molar-refractivity contribution in [3.63, 3.8) is 0 Å². The van der Waals surface area contributed by atoms with Crippen LogP contribution >= 0.6 is 11.6 Å². The number of aliphatic carboxylic acids is 1. The zero-order valence-electron chi connectivity index (χ0n) is 8.56. The van der Waals surface area contributed by atoms with Crippen molar-refractivity contribution in [3.8, 4) is 0 Å². The van der Waals surface area contributed by atoms with Gasteiger partial charge in [-0.15, -0.1) is 0 Å². The molecule has 1 unspecified atom stereocenters. The molecule has 0 heterocycles. The maximum absolute atomic E-state index is 13.4. The Bertz CT molecular complexity index is 472. The summed E-state index contributed by atoms with van der Waals surface area (Å²) in [5, 5.41) is 7.30. The summed E-state index contributed by atoms with van der Waals surface area (Å²) in [7, 11) is 0. The average Bonchev–Trinajstić information content (AvgIpc) is 2.22. The molecule has 100 valence electrons. The quantitative estimate of drug-likeness (QED) is 0.679. The molecule has 0 aliphatic carbocycles. The Labute approximate surface area is 103 Å². The van der Waals surface area contributed by atoms with Gasteiger partial charge in [-0.2, -0.15) is 13.2 Å². The smallest absolute Gasteiger partial charge is 0.396 e. The van der Waals surface area contributed by atoms with Crippen molar-refractivity contribution in [2.45, 2.75) is 18.5 Å². The molecule has 0 amide bonds. The van der Waals surface area contributed by atoms with Crippen LogP contribution in [0.15, 0.2) is 12.1 Å². The summed E-state index contributed by atoms with van der Waals surface area (Å²) in [4.78, 5) is 10.4. The van der Waals surface area contributed by atoms with Crippen LogP contribution in [0.3, 0.4) is 0 Å². The van der Waals surface area contributed by atoms with Gasteiger partial charge in [0.15, 0.2) is 0 Å². The zero-order chi connectivity index (χ0) is 14.1. The molecule has 0 aliphatic heterocycles. The van der Waals surface area contributed by atoms with Crippen LogP contribution < -0.4 is 0 Å². The number of carboxylic acid groups (broad SMARTS) is 1. The molecule has 0 spiro atoms. The van der Waals surface area contributed by atoms with Crippen LogP contribution in [0.25, 0.3) is 0 Å². The first-order valence-electron chi connectivity index (χ1n) is 4.56. The van der Waals surface area contributed by atoms with E-state index in [0.29, 0.717) is 12.1 Å². The largest absolute Gasteiger partial charge is 0.481 e. The molecule has 2 nitrogen and oxygen atoms in total. The van der Waals surface area contributed by atoms with Gasteiger partial charge in [0, 0.05) is 5.56 Å². The molecule has 1 aromatic rings. The highest BCUT2D eigenvalue weighted by Gasteiger charge is 2.43. The van der Waals surface area contributed by atoms with E-state index in [1.165, 1.54) is 0 Å². The van der Waals surface area contributed by atoms with E-state index in [1.54, 1.807) is 0 Å². The van der Waals surface area contributed by atoms with Crippen molar-refractivity contribution in [1.82, 2.24) is 0 Å². The van der Waals surface area contributed by atoms with Gasteiger partial charge in [-0.1, -0.05) is 17.7 Å². The molecule has 0 saturated carbocycles. The van der Waals surface area contributed by atoms with E-state index in [9.17, 15) is 26.7 Å². The minimum Gasteiger partial charge on any atom is -0.481 e. The van der Waals surface area contributed by atoms with Crippen molar-refractivity contribution < 1.29 is 31.9 Å². The van der Waals surface area contributed by atoms with E-state index in [0.717, 1.165) is 0 Å². The molecule has 1 aromatic carbocycles. The van der Waals surface area contributed by atoms with Gasteiger partial charge < -0.3 is 5.11 Å². The minimum absolute atomic E-state index is 0.539. The molecule has 0 aliphatic rings. The van der Waals surface area contributed by atoms with Crippen LogP contribution in [0.4, 0.5) is 22.0 Å². The topological polar surface area (TPSA) is 37.3 Å². The van der Waals surface area contributed by atoms with Gasteiger partial charge in [0.25, 0.3) is 0 Å². The van der Waals surface area contributed by atoms with E-state index in [2.05, 4.69) is 0 Å². The van der Waals surface area contributed by atoms with Gasteiger partial charge >= 0.3 is 12.1 Å². The van der Waals surface area contributed by atoms with Gasteiger partial charge in [-0.05, 0) is 6.07 Å². The van der Waals surface area contributed by atoms with E-state index >= 15 is 0 Å². The lowest BCUT2D eigenvalue weighted by Crippen LogP contribution is -2.24. The van der Waals surface area contributed by atoms with Crippen molar-refractivity contribution in [1.29, 1.82) is 0 Å². The molecule has 0 bridgehead atoms. The summed E-state index contributed by atoms with van der Waals surface area (Å²) in [6, 6.07) is 1.10. The lowest BCUT2D eigenvalue weighted by atomic mass is 9.94. The Morgan fingerprint density at radius 2 is 1.89 bits per heavy atom. The first kappa shape index (κ1) is 14.7. The van der Waals surface area contributed by atoms with Crippen LogP contribution in [0, 0.1) is 11.6 Å². The molecule has 1 rings (SSSR count). The molecule has 1 atom stereocenters. The number of halogens is 6. The summed E-state index contributed by atoms with van der Waals surface area (Å²) >= 11 is 5.15. The number of carbonyl (C=O) groups is 1. The molecule has 0 radical (unpaired) electrons. The Balaban J connectivity index is 3.30. The van der Waals surface area contributed by atoms with Gasteiger partial charge in [0.2, 0.25) is 0 Å². The van der Waals surface area contributed by atoms with Gasteiger partial charge in [0.1, 0.15) is 16.7 Å². The molecule has 1 N–H and O–H groups in total. The Kier molecular flexibility index (Phi) is 4.16. The van der Waals surface area contributed by atoms with Crippen molar-refractivity contribution in [2.24, 2.45) is 0 Å².